The van der Waals surface area contributed by atoms with E-state index >= 15 is 0 Å². The van der Waals surface area contributed by atoms with Gasteiger partial charge in [-0.3, -0.25) is 0 Å². The molecule has 2 aromatic rings. The Bertz CT molecular complexity index is 444. The molecule has 0 saturated heterocycles. The van der Waals surface area contributed by atoms with Crippen molar-refractivity contribution in [3.63, 3.8) is 0 Å². The van der Waals surface area contributed by atoms with E-state index in [1.807, 2.05) is 24.3 Å². The van der Waals surface area contributed by atoms with Crippen LogP contribution in [0.25, 0.3) is 0 Å². The van der Waals surface area contributed by atoms with E-state index in [0.717, 1.165) is 22.0 Å². The number of halogens is 1. The molecule has 1 aromatic heterocycles. The van der Waals surface area contributed by atoms with Gasteiger partial charge in [-0.05, 0) is 29.7 Å². The molecule has 84 valence electrons. The van der Waals surface area contributed by atoms with Gasteiger partial charge in [0.25, 0.3) is 0 Å². The molecule has 0 aliphatic carbocycles. The van der Waals surface area contributed by atoms with Crippen molar-refractivity contribution in [2.75, 3.05) is 6.54 Å². The van der Waals surface area contributed by atoms with Crippen molar-refractivity contribution >= 4 is 23.1 Å². The lowest BCUT2D eigenvalue weighted by molar-refractivity contribution is 0.639. The molecule has 5 heteroatoms. The van der Waals surface area contributed by atoms with Crippen LogP contribution in [0.15, 0.2) is 30.5 Å². The van der Waals surface area contributed by atoms with E-state index in [-0.39, 0.29) is 6.04 Å². The van der Waals surface area contributed by atoms with Crippen molar-refractivity contribution in [3.05, 3.63) is 45.9 Å². The average molecular weight is 254 g/mol. The van der Waals surface area contributed by atoms with E-state index in [0.29, 0.717) is 0 Å². The van der Waals surface area contributed by atoms with Gasteiger partial charge in [-0.25, -0.2) is 0 Å². The molecule has 0 radical (unpaired) electrons. The topological polar surface area (TPSA) is 37.8 Å². The zero-order chi connectivity index (χ0) is 11.4. The molecule has 0 saturated carbocycles. The maximum absolute atomic E-state index is 6.20. The van der Waals surface area contributed by atoms with Gasteiger partial charge in [0.2, 0.25) is 0 Å². The Balaban J connectivity index is 2.37. The molecule has 1 heterocycles. The van der Waals surface area contributed by atoms with Gasteiger partial charge in [0.05, 0.1) is 17.1 Å². The van der Waals surface area contributed by atoms with Gasteiger partial charge in [-0.1, -0.05) is 41.2 Å². The van der Waals surface area contributed by atoms with Gasteiger partial charge < -0.3 is 5.32 Å². The zero-order valence-electron chi connectivity index (χ0n) is 8.85. The minimum absolute atomic E-state index is 0.0821. The highest BCUT2D eigenvalue weighted by Gasteiger charge is 2.17. The van der Waals surface area contributed by atoms with Crippen LogP contribution in [0.1, 0.15) is 23.4 Å². The van der Waals surface area contributed by atoms with Gasteiger partial charge in [-0.15, -0.1) is 5.10 Å². The predicted molar refractivity (Wildman–Crippen MR) is 66.9 cm³/mol. The largest absolute Gasteiger partial charge is 0.306 e. The average Bonchev–Trinajstić information content (AvgIpc) is 2.80. The van der Waals surface area contributed by atoms with Crippen LogP contribution >= 0.6 is 23.1 Å². The number of aromatic nitrogens is 2. The molecule has 3 nitrogen and oxygen atoms in total. The molecule has 1 N–H and O–H groups in total. The molecule has 1 aromatic carbocycles. The number of rotatable bonds is 4. The van der Waals surface area contributed by atoms with Crippen LogP contribution < -0.4 is 5.32 Å². The van der Waals surface area contributed by atoms with Gasteiger partial charge >= 0.3 is 0 Å². The molecule has 0 amide bonds. The van der Waals surface area contributed by atoms with E-state index in [9.17, 15) is 0 Å². The van der Waals surface area contributed by atoms with E-state index < -0.39 is 0 Å². The van der Waals surface area contributed by atoms with E-state index in [1.165, 1.54) is 11.5 Å². The summed E-state index contributed by atoms with van der Waals surface area (Å²) in [4.78, 5) is 1.08. The smallest absolute Gasteiger partial charge is 0.0718 e. The quantitative estimate of drug-likeness (QED) is 0.911. The molecule has 2 rings (SSSR count). The molecule has 0 aliphatic rings. The summed E-state index contributed by atoms with van der Waals surface area (Å²) < 4.78 is 3.89. The highest BCUT2D eigenvalue weighted by molar-refractivity contribution is 7.05. The van der Waals surface area contributed by atoms with Gasteiger partial charge in [0.1, 0.15) is 0 Å². The van der Waals surface area contributed by atoms with Crippen LogP contribution in [0, 0.1) is 0 Å². The van der Waals surface area contributed by atoms with Gasteiger partial charge in [-0.2, -0.15) is 0 Å². The van der Waals surface area contributed by atoms with Crippen LogP contribution in [0.3, 0.4) is 0 Å². The third-order valence-electron chi connectivity index (χ3n) is 2.29. The first-order valence-corrected chi connectivity index (χ1v) is 6.23. The van der Waals surface area contributed by atoms with Gasteiger partial charge in [0, 0.05) is 5.02 Å². The number of benzene rings is 1. The first-order chi connectivity index (χ1) is 7.83. The molecule has 0 spiro atoms. The summed E-state index contributed by atoms with van der Waals surface area (Å²) in [6.07, 6.45) is 1.78. The van der Waals surface area contributed by atoms with Crippen molar-refractivity contribution in [1.82, 2.24) is 14.9 Å². The standard InChI is InChI=1S/C11H12ClN3S/c1-2-13-11(10-7-14-15-16-10)8-5-3-4-6-9(8)12/h3-7,11,13H,2H2,1H3. The second-order valence-corrected chi connectivity index (χ2v) is 4.56. The summed E-state index contributed by atoms with van der Waals surface area (Å²) in [7, 11) is 0. The van der Waals surface area contributed by atoms with Crippen molar-refractivity contribution in [2.45, 2.75) is 13.0 Å². The van der Waals surface area contributed by atoms with Crippen LogP contribution in [0.2, 0.25) is 5.02 Å². The van der Waals surface area contributed by atoms with Crippen LogP contribution in [-0.4, -0.2) is 16.1 Å². The normalized spacial score (nSPS) is 12.6. The van der Waals surface area contributed by atoms with Crippen molar-refractivity contribution in [3.8, 4) is 0 Å². The summed E-state index contributed by atoms with van der Waals surface area (Å²) in [5.74, 6) is 0. The minimum Gasteiger partial charge on any atom is -0.306 e. The third kappa shape index (κ3) is 2.40. The zero-order valence-corrected chi connectivity index (χ0v) is 10.4. The fourth-order valence-electron chi connectivity index (χ4n) is 1.58. The number of nitrogens with zero attached hydrogens (tertiary/aromatic N) is 2. The predicted octanol–water partition coefficient (Wildman–Crippen LogP) is 2.89. The summed E-state index contributed by atoms with van der Waals surface area (Å²) in [5, 5.41) is 8.02. The fourth-order valence-corrected chi connectivity index (χ4v) is 2.42. The molecular formula is C11H12ClN3S. The Morgan fingerprint density at radius 3 is 2.88 bits per heavy atom. The summed E-state index contributed by atoms with van der Waals surface area (Å²) in [6.45, 7) is 2.94. The number of hydrogen-bond donors (Lipinski definition) is 1. The van der Waals surface area contributed by atoms with Crippen LogP contribution in [0.4, 0.5) is 0 Å². The summed E-state index contributed by atoms with van der Waals surface area (Å²) in [5.41, 5.74) is 1.07. The van der Waals surface area contributed by atoms with Gasteiger partial charge in [0.15, 0.2) is 0 Å². The maximum Gasteiger partial charge on any atom is 0.0718 e. The number of hydrogen-bond acceptors (Lipinski definition) is 4. The molecule has 16 heavy (non-hydrogen) atoms. The van der Waals surface area contributed by atoms with Crippen molar-refractivity contribution in [1.29, 1.82) is 0 Å². The second kappa shape index (κ2) is 5.39. The lowest BCUT2D eigenvalue weighted by Crippen LogP contribution is -2.21. The Kier molecular flexibility index (Phi) is 3.88. The first kappa shape index (κ1) is 11.5. The molecule has 0 fully saturated rings. The summed E-state index contributed by atoms with van der Waals surface area (Å²) >= 11 is 7.59. The summed E-state index contributed by atoms with van der Waals surface area (Å²) in [6, 6.07) is 7.92. The first-order valence-electron chi connectivity index (χ1n) is 5.08. The van der Waals surface area contributed by atoms with E-state index in [1.54, 1.807) is 6.20 Å². The highest BCUT2D eigenvalue weighted by atomic mass is 35.5. The van der Waals surface area contributed by atoms with E-state index in [2.05, 4.69) is 21.8 Å². The Morgan fingerprint density at radius 2 is 2.25 bits per heavy atom. The molecule has 1 unspecified atom stereocenters. The minimum atomic E-state index is 0.0821. The van der Waals surface area contributed by atoms with Crippen molar-refractivity contribution < 1.29 is 0 Å². The Hall–Kier alpha value is -0.970. The van der Waals surface area contributed by atoms with E-state index in [4.69, 9.17) is 11.6 Å². The monoisotopic (exact) mass is 253 g/mol. The molecular weight excluding hydrogens is 242 g/mol. The van der Waals surface area contributed by atoms with Crippen LogP contribution in [0.5, 0.6) is 0 Å². The Morgan fingerprint density at radius 1 is 1.44 bits per heavy atom. The van der Waals surface area contributed by atoms with Crippen molar-refractivity contribution in [2.24, 2.45) is 0 Å². The molecule has 0 aliphatic heterocycles. The maximum atomic E-state index is 6.20. The molecule has 0 bridgehead atoms. The lowest BCUT2D eigenvalue weighted by Gasteiger charge is -2.17. The lowest BCUT2D eigenvalue weighted by atomic mass is 10.1. The molecule has 1 atom stereocenters. The fraction of sp³-hybridized carbons (Fsp3) is 0.273. The third-order valence-corrected chi connectivity index (χ3v) is 3.36. The SMILES string of the molecule is CCNC(c1cnns1)c1ccccc1Cl. The highest BCUT2D eigenvalue weighted by Crippen LogP contribution is 2.29. The number of nitrogens with one attached hydrogen (secondary N) is 1. The second-order valence-electron chi connectivity index (χ2n) is 3.33. The Labute approximate surface area is 104 Å². The van der Waals surface area contributed by atoms with Crippen LogP contribution in [-0.2, 0) is 0 Å².